The Hall–Kier alpha value is -0.790. The van der Waals surface area contributed by atoms with Gasteiger partial charge in [0.15, 0.2) is 5.96 Å². The standard InChI is InChI=1S/C13H24N4O.HI/c1-5-11-10(12(6-2)18-16-11)9-15-13(14)17(7-3)8-4;/h5-9H2,1-4H3,(H2,14,15);1H. The molecule has 1 rings (SSSR count). The molecule has 0 spiro atoms. The zero-order chi connectivity index (χ0) is 13.5. The van der Waals surface area contributed by atoms with E-state index in [-0.39, 0.29) is 24.0 Å². The molecule has 0 amide bonds. The van der Waals surface area contributed by atoms with Gasteiger partial charge < -0.3 is 15.2 Å². The van der Waals surface area contributed by atoms with E-state index < -0.39 is 0 Å². The minimum absolute atomic E-state index is 0. The molecule has 0 fully saturated rings. The highest BCUT2D eigenvalue weighted by Crippen LogP contribution is 2.16. The van der Waals surface area contributed by atoms with Crippen LogP contribution < -0.4 is 5.73 Å². The molecule has 19 heavy (non-hydrogen) atoms. The van der Waals surface area contributed by atoms with E-state index in [2.05, 4.69) is 37.8 Å². The number of aryl methyl sites for hydroxylation is 2. The fourth-order valence-electron chi connectivity index (χ4n) is 1.92. The van der Waals surface area contributed by atoms with Crippen molar-refractivity contribution in [3.05, 3.63) is 17.0 Å². The molecule has 1 aromatic heterocycles. The van der Waals surface area contributed by atoms with Crippen molar-refractivity contribution in [1.82, 2.24) is 10.1 Å². The quantitative estimate of drug-likeness (QED) is 0.468. The van der Waals surface area contributed by atoms with E-state index in [0.717, 1.165) is 42.9 Å². The molecule has 2 N–H and O–H groups in total. The first kappa shape index (κ1) is 18.2. The van der Waals surface area contributed by atoms with E-state index in [4.69, 9.17) is 10.3 Å². The van der Waals surface area contributed by atoms with Crippen molar-refractivity contribution < 1.29 is 4.52 Å². The van der Waals surface area contributed by atoms with Crippen LogP contribution in [0.4, 0.5) is 0 Å². The summed E-state index contributed by atoms with van der Waals surface area (Å²) in [5, 5.41) is 4.07. The Kier molecular flexibility index (Phi) is 8.79. The van der Waals surface area contributed by atoms with Gasteiger partial charge in [-0.1, -0.05) is 19.0 Å². The lowest BCUT2D eigenvalue weighted by molar-refractivity contribution is 0.380. The van der Waals surface area contributed by atoms with Crippen LogP contribution in [0.25, 0.3) is 0 Å². The van der Waals surface area contributed by atoms with Gasteiger partial charge in [0.25, 0.3) is 0 Å². The first-order valence-corrected chi connectivity index (χ1v) is 6.68. The zero-order valence-corrected chi connectivity index (χ0v) is 14.6. The summed E-state index contributed by atoms with van der Waals surface area (Å²) in [4.78, 5) is 6.48. The minimum atomic E-state index is 0. The van der Waals surface area contributed by atoms with Crippen LogP contribution in [-0.2, 0) is 19.4 Å². The minimum Gasteiger partial charge on any atom is -0.370 e. The van der Waals surface area contributed by atoms with Gasteiger partial charge in [0.1, 0.15) is 5.76 Å². The first-order chi connectivity index (χ1) is 8.67. The topological polar surface area (TPSA) is 67.6 Å². The molecular weight excluding hydrogens is 355 g/mol. The third-order valence-corrected chi connectivity index (χ3v) is 3.09. The molecule has 0 aromatic carbocycles. The van der Waals surface area contributed by atoms with E-state index in [1.807, 2.05) is 4.90 Å². The maximum Gasteiger partial charge on any atom is 0.191 e. The first-order valence-electron chi connectivity index (χ1n) is 6.68. The summed E-state index contributed by atoms with van der Waals surface area (Å²) in [6.07, 6.45) is 1.70. The van der Waals surface area contributed by atoms with E-state index in [1.165, 1.54) is 0 Å². The number of hydrogen-bond donors (Lipinski definition) is 1. The molecule has 0 unspecified atom stereocenters. The second kappa shape index (κ2) is 9.17. The third-order valence-electron chi connectivity index (χ3n) is 3.09. The largest absolute Gasteiger partial charge is 0.370 e. The summed E-state index contributed by atoms with van der Waals surface area (Å²) < 4.78 is 5.31. The molecule has 1 aromatic rings. The van der Waals surface area contributed by atoms with Crippen LogP contribution in [0.1, 0.15) is 44.7 Å². The van der Waals surface area contributed by atoms with Crippen LogP contribution in [0, 0.1) is 0 Å². The van der Waals surface area contributed by atoms with Gasteiger partial charge in [-0.05, 0) is 20.3 Å². The maximum absolute atomic E-state index is 5.96. The van der Waals surface area contributed by atoms with Gasteiger partial charge in [0.05, 0.1) is 12.2 Å². The Morgan fingerprint density at radius 2 is 1.84 bits per heavy atom. The monoisotopic (exact) mass is 380 g/mol. The molecule has 0 atom stereocenters. The second-order valence-corrected chi connectivity index (χ2v) is 4.08. The summed E-state index contributed by atoms with van der Waals surface area (Å²) >= 11 is 0. The van der Waals surface area contributed by atoms with Crippen molar-refractivity contribution >= 4 is 29.9 Å². The number of nitrogens with zero attached hydrogens (tertiary/aromatic N) is 3. The predicted octanol–water partition coefficient (Wildman–Crippen LogP) is 2.57. The van der Waals surface area contributed by atoms with E-state index >= 15 is 0 Å². The molecule has 0 aliphatic heterocycles. The average molecular weight is 380 g/mol. The lowest BCUT2D eigenvalue weighted by Gasteiger charge is -2.19. The molecule has 0 saturated heterocycles. The lowest BCUT2D eigenvalue weighted by atomic mass is 10.1. The Balaban J connectivity index is 0.00000324. The summed E-state index contributed by atoms with van der Waals surface area (Å²) in [5.41, 5.74) is 8.05. The average Bonchev–Trinajstić information content (AvgIpc) is 2.79. The van der Waals surface area contributed by atoms with Crippen molar-refractivity contribution in [2.24, 2.45) is 10.7 Å². The van der Waals surface area contributed by atoms with Crippen LogP contribution in [-0.4, -0.2) is 29.1 Å². The van der Waals surface area contributed by atoms with E-state index in [0.29, 0.717) is 12.5 Å². The molecule has 0 bridgehead atoms. The molecule has 0 saturated carbocycles. The van der Waals surface area contributed by atoms with Gasteiger partial charge in [0, 0.05) is 25.1 Å². The molecule has 6 heteroatoms. The third kappa shape index (κ3) is 4.67. The Bertz CT molecular complexity index is 378. The van der Waals surface area contributed by atoms with Crippen molar-refractivity contribution in [2.75, 3.05) is 13.1 Å². The number of halogens is 1. The number of aromatic nitrogens is 1. The zero-order valence-electron chi connectivity index (χ0n) is 12.3. The molecule has 0 aliphatic carbocycles. The van der Waals surface area contributed by atoms with Gasteiger partial charge in [0.2, 0.25) is 0 Å². The van der Waals surface area contributed by atoms with Gasteiger partial charge in [-0.15, -0.1) is 24.0 Å². The number of aliphatic imine (C=N–C) groups is 1. The number of hydrogen-bond acceptors (Lipinski definition) is 3. The molecule has 0 radical (unpaired) electrons. The normalized spacial score (nSPS) is 11.3. The highest BCUT2D eigenvalue weighted by Gasteiger charge is 2.13. The van der Waals surface area contributed by atoms with Gasteiger partial charge in [-0.2, -0.15) is 0 Å². The van der Waals surface area contributed by atoms with Gasteiger partial charge in [-0.3, -0.25) is 0 Å². The van der Waals surface area contributed by atoms with Crippen LogP contribution in [0.5, 0.6) is 0 Å². The van der Waals surface area contributed by atoms with Crippen LogP contribution in [0.2, 0.25) is 0 Å². The van der Waals surface area contributed by atoms with E-state index in [1.54, 1.807) is 0 Å². The summed E-state index contributed by atoms with van der Waals surface area (Å²) in [5.74, 6) is 1.51. The summed E-state index contributed by atoms with van der Waals surface area (Å²) in [7, 11) is 0. The number of nitrogens with two attached hydrogens (primary N) is 1. The number of guanidine groups is 1. The fraction of sp³-hybridized carbons (Fsp3) is 0.692. The second-order valence-electron chi connectivity index (χ2n) is 4.08. The molecule has 5 nitrogen and oxygen atoms in total. The SMILES string of the molecule is CCc1noc(CC)c1CN=C(N)N(CC)CC.I. The van der Waals surface area contributed by atoms with Crippen molar-refractivity contribution in [3.8, 4) is 0 Å². The highest BCUT2D eigenvalue weighted by molar-refractivity contribution is 14.0. The van der Waals surface area contributed by atoms with Gasteiger partial charge >= 0.3 is 0 Å². The Morgan fingerprint density at radius 3 is 2.32 bits per heavy atom. The van der Waals surface area contributed by atoms with Crippen molar-refractivity contribution in [3.63, 3.8) is 0 Å². The summed E-state index contributed by atoms with van der Waals surface area (Å²) in [6, 6.07) is 0. The molecule has 110 valence electrons. The fourth-order valence-corrected chi connectivity index (χ4v) is 1.92. The van der Waals surface area contributed by atoms with Crippen LogP contribution in [0.15, 0.2) is 9.52 Å². The van der Waals surface area contributed by atoms with Crippen molar-refractivity contribution in [1.29, 1.82) is 0 Å². The molecule has 0 aliphatic rings. The smallest absolute Gasteiger partial charge is 0.191 e. The lowest BCUT2D eigenvalue weighted by Crippen LogP contribution is -2.37. The molecular formula is C13H25IN4O. The predicted molar refractivity (Wildman–Crippen MR) is 88.9 cm³/mol. The maximum atomic E-state index is 5.96. The Labute approximate surface area is 132 Å². The molecule has 1 heterocycles. The van der Waals surface area contributed by atoms with Crippen LogP contribution >= 0.6 is 24.0 Å². The van der Waals surface area contributed by atoms with Gasteiger partial charge in [-0.25, -0.2) is 4.99 Å². The van der Waals surface area contributed by atoms with E-state index in [9.17, 15) is 0 Å². The van der Waals surface area contributed by atoms with Crippen molar-refractivity contribution in [2.45, 2.75) is 47.1 Å². The summed E-state index contributed by atoms with van der Waals surface area (Å²) in [6.45, 7) is 10.6. The van der Waals surface area contributed by atoms with Crippen LogP contribution in [0.3, 0.4) is 0 Å². The number of rotatable bonds is 6. The Morgan fingerprint density at radius 1 is 1.21 bits per heavy atom. The highest BCUT2D eigenvalue weighted by atomic mass is 127.